The Balaban J connectivity index is 1.25. The van der Waals surface area contributed by atoms with Gasteiger partial charge in [-0.15, -0.1) is 0 Å². The zero-order chi connectivity index (χ0) is 28.4. The average molecular weight is 594 g/mol. The molecule has 0 aliphatic carbocycles. The number of aliphatic hydroxyl groups excluding tert-OH is 1. The minimum Gasteiger partial charge on any atom is -0.383 e. The normalized spacial score (nSPS) is 22.9. The monoisotopic (exact) mass is 592 g/mol. The number of hydrogen-bond donors (Lipinski definition) is 5. The van der Waals surface area contributed by atoms with Crippen LogP contribution in [0.4, 0.5) is 17.5 Å². The van der Waals surface area contributed by atoms with Gasteiger partial charge in [-0.3, -0.25) is 19.8 Å². The Labute approximate surface area is 242 Å². The zero-order valence-corrected chi connectivity index (χ0v) is 23.7. The van der Waals surface area contributed by atoms with Crippen LogP contribution in [0.5, 0.6) is 0 Å². The van der Waals surface area contributed by atoms with Crippen LogP contribution in [-0.4, -0.2) is 106 Å². The van der Waals surface area contributed by atoms with Gasteiger partial charge in [0, 0.05) is 57.9 Å². The molecular weight excluding hydrogens is 559 g/mol. The number of nitrogens with one attached hydrogen (secondary N) is 3. The third-order valence-electron chi connectivity index (χ3n) is 7.71. The molecule has 2 fully saturated rings. The lowest BCUT2D eigenvalue weighted by Gasteiger charge is -2.47. The average Bonchev–Trinajstić information content (AvgIpc) is 3.01. The summed E-state index contributed by atoms with van der Waals surface area (Å²) in [5.74, 6) is 0.259. The second-order valence-electron chi connectivity index (χ2n) is 10.1. The predicted molar refractivity (Wildman–Crippen MR) is 153 cm³/mol. The van der Waals surface area contributed by atoms with Crippen LogP contribution in [0, 0.1) is 0 Å². The van der Waals surface area contributed by atoms with Crippen LogP contribution < -0.4 is 26.6 Å². The lowest BCUT2D eigenvalue weighted by atomic mass is 9.97. The molecule has 0 spiro atoms. The maximum absolute atomic E-state index is 13.0. The molecule has 13 nitrogen and oxygen atoms in total. The fourth-order valence-corrected chi connectivity index (χ4v) is 6.02. The number of piperazine rings is 1. The lowest BCUT2D eigenvalue weighted by molar-refractivity contribution is 0.0491. The van der Waals surface area contributed by atoms with Crippen LogP contribution in [0.25, 0.3) is 0 Å². The molecule has 3 aliphatic rings. The fraction of sp³-hybridized carbons (Fsp3) is 0.560. The van der Waals surface area contributed by atoms with Crippen LogP contribution in [0.2, 0.25) is 10.3 Å². The molecule has 0 aromatic carbocycles. The fourth-order valence-electron chi connectivity index (χ4n) is 5.62. The molecule has 0 saturated carbocycles. The summed E-state index contributed by atoms with van der Waals surface area (Å²) in [6.45, 7) is 6.28. The van der Waals surface area contributed by atoms with Gasteiger partial charge in [-0.05, 0) is 31.4 Å². The number of nitrogens with two attached hydrogens (primary N) is 1. The molecule has 6 N–H and O–H groups in total. The van der Waals surface area contributed by atoms with Gasteiger partial charge >= 0.3 is 0 Å². The van der Waals surface area contributed by atoms with E-state index in [4.69, 9.17) is 28.9 Å². The Hall–Kier alpha value is -2.97. The number of pyridine rings is 1. The molecule has 2 amide bonds. The van der Waals surface area contributed by atoms with Gasteiger partial charge in [0.05, 0.1) is 5.56 Å². The predicted octanol–water partition coefficient (Wildman–Crippen LogP) is 0.987. The molecule has 1 unspecified atom stereocenters. The van der Waals surface area contributed by atoms with Crippen molar-refractivity contribution in [2.24, 2.45) is 0 Å². The Bertz CT molecular complexity index is 1260. The van der Waals surface area contributed by atoms with E-state index in [-0.39, 0.29) is 39.6 Å². The minimum atomic E-state index is -1.08. The van der Waals surface area contributed by atoms with E-state index >= 15 is 0 Å². The number of rotatable bonds is 4. The second kappa shape index (κ2) is 12.3. The van der Waals surface area contributed by atoms with Gasteiger partial charge in [-0.25, -0.2) is 15.0 Å². The smallest absolute Gasteiger partial charge is 0.273 e. The van der Waals surface area contributed by atoms with Gasteiger partial charge in [0.1, 0.15) is 11.0 Å². The Morgan fingerprint density at radius 3 is 2.62 bits per heavy atom. The van der Waals surface area contributed by atoms with Crippen LogP contribution in [0.3, 0.4) is 0 Å². The van der Waals surface area contributed by atoms with E-state index in [1.54, 1.807) is 12.1 Å². The molecule has 2 atom stereocenters. The molecule has 2 aromatic heterocycles. The number of nitrogen functional groups attached to an aromatic ring is 1. The first-order chi connectivity index (χ1) is 19.2. The molecule has 2 saturated heterocycles. The van der Waals surface area contributed by atoms with Crippen LogP contribution >= 0.6 is 23.2 Å². The third-order valence-corrected chi connectivity index (χ3v) is 8.18. The Kier molecular flexibility index (Phi) is 8.76. The molecule has 216 valence electrons. The first-order valence-corrected chi connectivity index (χ1v) is 14.3. The number of amides is 2. The molecular formula is C25H34Cl2N10O3. The van der Waals surface area contributed by atoms with E-state index < -0.39 is 12.3 Å². The van der Waals surface area contributed by atoms with Crippen LogP contribution in [0.15, 0.2) is 12.1 Å². The topological polar surface area (TPSA) is 165 Å². The second-order valence-corrected chi connectivity index (χ2v) is 10.9. The highest BCUT2D eigenvalue weighted by molar-refractivity contribution is 6.32. The van der Waals surface area contributed by atoms with E-state index in [2.05, 4.69) is 47.6 Å². The van der Waals surface area contributed by atoms with Gasteiger partial charge in [0.15, 0.2) is 28.8 Å². The molecule has 2 aromatic rings. The number of nitrogens with zero attached hydrogens (tertiary/aromatic N) is 6. The number of carbonyl (C=O) groups excluding carboxylic acids is 2. The van der Waals surface area contributed by atoms with Crippen molar-refractivity contribution in [3.63, 3.8) is 0 Å². The summed E-state index contributed by atoms with van der Waals surface area (Å²) in [5, 5.41) is 19.0. The standard InChI is InChI=1S/C25H34Cl2N10O3/c1-2-14-13-36(22-19(27)32-18-21(33-22)34-25(40)30-8-7-29-23(18)38)11-12-37(14)15-5-9-35(10-6-15)24(39)16-3-4-17(26)31-20(16)28/h3-4,14-15,25,30,40H,2,5-13H2,1H3,(H2,28,31)(H,29,38)(H,33,34)/t14-,25?/m0/s1. The number of aromatic nitrogens is 3. The largest absolute Gasteiger partial charge is 0.383 e. The summed E-state index contributed by atoms with van der Waals surface area (Å²) >= 11 is 12.4. The Morgan fingerprint density at radius 1 is 1.12 bits per heavy atom. The van der Waals surface area contributed by atoms with Crippen molar-refractivity contribution in [1.29, 1.82) is 0 Å². The summed E-state index contributed by atoms with van der Waals surface area (Å²) in [6.07, 6.45) is 1.54. The summed E-state index contributed by atoms with van der Waals surface area (Å²) in [4.78, 5) is 45.0. The molecule has 5 rings (SSSR count). The maximum atomic E-state index is 13.0. The molecule has 15 heteroatoms. The molecule has 3 aliphatic heterocycles. The number of fused-ring (bicyclic) bond motifs is 1. The van der Waals surface area contributed by atoms with Crippen molar-refractivity contribution in [2.45, 2.75) is 44.6 Å². The number of hydrogen-bond acceptors (Lipinski definition) is 11. The summed E-state index contributed by atoms with van der Waals surface area (Å²) in [6, 6.07) is 3.79. The molecule has 40 heavy (non-hydrogen) atoms. The van der Waals surface area contributed by atoms with Gasteiger partial charge in [-0.2, -0.15) is 0 Å². The van der Waals surface area contributed by atoms with Crippen molar-refractivity contribution >= 4 is 52.5 Å². The van der Waals surface area contributed by atoms with Crippen molar-refractivity contribution in [1.82, 2.24) is 35.4 Å². The van der Waals surface area contributed by atoms with Crippen molar-refractivity contribution in [2.75, 3.05) is 61.8 Å². The van der Waals surface area contributed by atoms with E-state index in [9.17, 15) is 14.7 Å². The molecule has 5 heterocycles. The summed E-state index contributed by atoms with van der Waals surface area (Å²) in [7, 11) is 0. The van der Waals surface area contributed by atoms with Crippen molar-refractivity contribution in [3.05, 3.63) is 33.7 Å². The van der Waals surface area contributed by atoms with E-state index in [1.807, 2.05) is 4.90 Å². The summed E-state index contributed by atoms with van der Waals surface area (Å²) in [5.41, 5.74) is 6.36. The quantitative estimate of drug-likeness (QED) is 0.321. The third kappa shape index (κ3) is 6.03. The SMILES string of the molecule is CC[C@H]1CN(c2nc3c(nc2Cl)C(=O)NCCNC(O)N3)CCN1C1CCN(C(=O)c2ccc(Cl)nc2N)CC1. The number of carbonyl (C=O) groups is 2. The van der Waals surface area contributed by atoms with Gasteiger partial charge in [0.25, 0.3) is 11.8 Å². The number of aliphatic hydroxyl groups is 1. The molecule has 0 bridgehead atoms. The highest BCUT2D eigenvalue weighted by Gasteiger charge is 2.36. The van der Waals surface area contributed by atoms with Gasteiger partial charge < -0.3 is 31.3 Å². The van der Waals surface area contributed by atoms with Crippen LogP contribution in [0.1, 0.15) is 47.0 Å². The van der Waals surface area contributed by atoms with Crippen molar-refractivity contribution in [3.8, 4) is 0 Å². The highest BCUT2D eigenvalue weighted by Crippen LogP contribution is 2.31. The van der Waals surface area contributed by atoms with E-state index in [0.717, 1.165) is 25.8 Å². The van der Waals surface area contributed by atoms with Gasteiger partial charge in [-0.1, -0.05) is 30.1 Å². The Morgan fingerprint density at radius 2 is 1.90 bits per heavy atom. The minimum absolute atomic E-state index is 0.0413. The first-order valence-electron chi connectivity index (χ1n) is 13.5. The number of piperidine rings is 1. The van der Waals surface area contributed by atoms with E-state index in [1.165, 1.54) is 0 Å². The zero-order valence-electron chi connectivity index (χ0n) is 22.2. The summed E-state index contributed by atoms with van der Waals surface area (Å²) < 4.78 is 0. The lowest BCUT2D eigenvalue weighted by Crippen LogP contribution is -2.58. The number of likely N-dealkylation sites (tertiary alicyclic amines) is 1. The number of halogens is 2. The highest BCUT2D eigenvalue weighted by atomic mass is 35.5. The molecule has 0 radical (unpaired) electrons. The number of anilines is 3. The maximum Gasteiger partial charge on any atom is 0.273 e. The van der Waals surface area contributed by atoms with Gasteiger partial charge in [0.2, 0.25) is 0 Å². The van der Waals surface area contributed by atoms with E-state index in [0.29, 0.717) is 56.7 Å². The first kappa shape index (κ1) is 28.6. The van der Waals surface area contributed by atoms with Crippen LogP contribution in [-0.2, 0) is 0 Å². The van der Waals surface area contributed by atoms with Crippen molar-refractivity contribution < 1.29 is 14.7 Å².